The van der Waals surface area contributed by atoms with E-state index in [0.29, 0.717) is 15.6 Å². The summed E-state index contributed by atoms with van der Waals surface area (Å²) in [5.41, 5.74) is 3.50. The minimum atomic E-state index is -0.270. The topological polar surface area (TPSA) is 37.4 Å². The molecule has 0 spiro atoms. The first-order valence-electron chi connectivity index (χ1n) is 8.63. The summed E-state index contributed by atoms with van der Waals surface area (Å²) in [5.74, 6) is -0.270. The number of thioether (sulfide) groups is 1. The van der Waals surface area contributed by atoms with Gasteiger partial charge in [0.15, 0.2) is 0 Å². The second-order valence-corrected chi connectivity index (χ2v) is 7.64. The molecule has 0 bridgehead atoms. The maximum absolute atomic E-state index is 12.9. The number of carbonyl (C=O) groups is 2. The van der Waals surface area contributed by atoms with Crippen molar-refractivity contribution in [2.75, 3.05) is 4.90 Å². The molecule has 1 aliphatic heterocycles. The van der Waals surface area contributed by atoms with Gasteiger partial charge in [-0.15, -0.1) is 0 Å². The Morgan fingerprint density at radius 3 is 2.31 bits per heavy atom. The van der Waals surface area contributed by atoms with Gasteiger partial charge in [0.1, 0.15) is 0 Å². The molecule has 0 unspecified atom stereocenters. The monoisotopic (exact) mass is 385 g/mol. The highest BCUT2D eigenvalue weighted by molar-refractivity contribution is 8.19. The van der Waals surface area contributed by atoms with Crippen LogP contribution in [0.2, 0.25) is 5.02 Å². The highest BCUT2D eigenvalue weighted by Crippen LogP contribution is 2.39. The van der Waals surface area contributed by atoms with Crippen LogP contribution < -0.4 is 4.90 Å². The molecule has 0 aliphatic carbocycles. The van der Waals surface area contributed by atoms with Crippen LogP contribution >= 0.6 is 23.4 Å². The van der Waals surface area contributed by atoms with E-state index in [2.05, 4.69) is 6.92 Å². The number of rotatable bonds is 5. The fourth-order valence-electron chi connectivity index (χ4n) is 2.84. The molecule has 0 radical (unpaired) electrons. The van der Waals surface area contributed by atoms with Gasteiger partial charge in [0, 0.05) is 5.02 Å². The van der Waals surface area contributed by atoms with Crippen molar-refractivity contribution in [1.82, 2.24) is 0 Å². The van der Waals surface area contributed by atoms with Crippen LogP contribution in [0.15, 0.2) is 53.4 Å². The average Bonchev–Trinajstić information content (AvgIpc) is 2.95. The quantitative estimate of drug-likeness (QED) is 0.565. The van der Waals surface area contributed by atoms with Crippen molar-refractivity contribution in [3.63, 3.8) is 0 Å². The number of aryl methyl sites for hydroxylation is 1. The van der Waals surface area contributed by atoms with Gasteiger partial charge in [0.05, 0.1) is 10.6 Å². The van der Waals surface area contributed by atoms with E-state index in [4.69, 9.17) is 11.6 Å². The number of hydrogen-bond donors (Lipinski definition) is 0. The Hall–Kier alpha value is -2.04. The van der Waals surface area contributed by atoms with Gasteiger partial charge in [-0.3, -0.25) is 9.59 Å². The number of unbranched alkanes of at least 4 members (excludes halogenated alkanes) is 1. The molecular weight excluding hydrogens is 366 g/mol. The maximum Gasteiger partial charge on any atom is 0.298 e. The number of amides is 2. The fourth-order valence-corrected chi connectivity index (χ4v) is 3.87. The van der Waals surface area contributed by atoms with Gasteiger partial charge in [-0.05, 0) is 72.5 Å². The number of imide groups is 1. The summed E-state index contributed by atoms with van der Waals surface area (Å²) in [4.78, 5) is 27.0. The third-order valence-corrected chi connectivity index (χ3v) is 5.69. The van der Waals surface area contributed by atoms with Crippen LogP contribution in [0.1, 0.15) is 37.8 Å². The second-order valence-electron chi connectivity index (χ2n) is 6.24. The molecule has 2 amide bonds. The van der Waals surface area contributed by atoms with Crippen molar-refractivity contribution in [3.8, 4) is 0 Å². The lowest BCUT2D eigenvalue weighted by Gasteiger charge is -2.13. The zero-order valence-electron chi connectivity index (χ0n) is 14.8. The van der Waals surface area contributed by atoms with Gasteiger partial charge in [-0.25, -0.2) is 4.90 Å². The maximum atomic E-state index is 12.9. The van der Waals surface area contributed by atoms with Crippen LogP contribution in [-0.4, -0.2) is 11.1 Å². The predicted molar refractivity (Wildman–Crippen MR) is 110 cm³/mol. The summed E-state index contributed by atoms with van der Waals surface area (Å²) in [6.07, 6.45) is 3.28. The number of halogens is 1. The lowest BCUT2D eigenvalue weighted by Crippen LogP contribution is -2.27. The molecule has 3 rings (SSSR count). The number of carbonyl (C=O) groups excluding carboxylic acids is 2. The van der Waals surface area contributed by atoms with E-state index in [9.17, 15) is 9.59 Å². The van der Waals surface area contributed by atoms with Crippen molar-refractivity contribution < 1.29 is 9.59 Å². The zero-order chi connectivity index (χ0) is 18.7. The highest BCUT2D eigenvalue weighted by atomic mass is 35.5. The molecule has 0 aromatic heterocycles. The van der Waals surface area contributed by atoms with E-state index in [0.717, 1.165) is 42.2 Å². The van der Waals surface area contributed by atoms with Crippen LogP contribution in [0.25, 0.3) is 5.57 Å². The molecule has 1 heterocycles. The molecule has 0 saturated carbocycles. The van der Waals surface area contributed by atoms with E-state index in [1.165, 1.54) is 10.5 Å². The van der Waals surface area contributed by atoms with Gasteiger partial charge in [-0.1, -0.05) is 49.2 Å². The van der Waals surface area contributed by atoms with E-state index in [1.807, 2.05) is 43.3 Å². The van der Waals surface area contributed by atoms with Crippen molar-refractivity contribution in [3.05, 3.63) is 69.6 Å². The SMILES string of the molecule is CCCCc1ccc(N2C(=O)S/C(=C(/C)c3ccc(Cl)cc3)C2=O)cc1. The Kier molecular flexibility index (Phi) is 5.84. The molecular formula is C21H20ClNO2S. The molecule has 134 valence electrons. The van der Waals surface area contributed by atoms with Gasteiger partial charge < -0.3 is 0 Å². The first-order chi connectivity index (χ1) is 12.5. The summed E-state index contributed by atoms with van der Waals surface area (Å²) in [6.45, 7) is 4.01. The molecule has 1 fully saturated rings. The summed E-state index contributed by atoms with van der Waals surface area (Å²) in [5, 5.41) is 0.373. The Morgan fingerprint density at radius 1 is 1.04 bits per heavy atom. The summed E-state index contributed by atoms with van der Waals surface area (Å²) in [7, 11) is 0. The summed E-state index contributed by atoms with van der Waals surface area (Å²) >= 11 is 6.91. The molecule has 0 atom stereocenters. The molecule has 2 aromatic carbocycles. The predicted octanol–water partition coefficient (Wildman–Crippen LogP) is 6.31. The van der Waals surface area contributed by atoms with Gasteiger partial charge >= 0.3 is 0 Å². The standard InChI is InChI=1S/C21H20ClNO2S/c1-3-4-5-15-6-12-18(13-7-15)23-20(24)19(26-21(23)25)14(2)16-8-10-17(22)11-9-16/h6-13H,3-5H2,1-2H3/b19-14-. The smallest absolute Gasteiger partial charge is 0.268 e. The second kappa shape index (κ2) is 8.11. The molecule has 26 heavy (non-hydrogen) atoms. The largest absolute Gasteiger partial charge is 0.298 e. The third-order valence-electron chi connectivity index (χ3n) is 4.40. The van der Waals surface area contributed by atoms with Crippen LogP contribution in [0.5, 0.6) is 0 Å². The van der Waals surface area contributed by atoms with Crippen molar-refractivity contribution in [2.24, 2.45) is 0 Å². The van der Waals surface area contributed by atoms with Gasteiger partial charge in [0.25, 0.3) is 11.1 Å². The van der Waals surface area contributed by atoms with Crippen LogP contribution in [0.4, 0.5) is 10.5 Å². The van der Waals surface area contributed by atoms with Crippen LogP contribution in [0.3, 0.4) is 0 Å². The van der Waals surface area contributed by atoms with Crippen molar-refractivity contribution in [2.45, 2.75) is 33.1 Å². The Labute approximate surface area is 163 Å². The fraction of sp³-hybridized carbons (Fsp3) is 0.238. The number of anilines is 1. The molecule has 1 saturated heterocycles. The summed E-state index contributed by atoms with van der Waals surface area (Å²) < 4.78 is 0. The minimum absolute atomic E-state index is 0.264. The lowest BCUT2D eigenvalue weighted by molar-refractivity contribution is -0.113. The Balaban J connectivity index is 1.86. The molecule has 2 aromatic rings. The van der Waals surface area contributed by atoms with E-state index in [-0.39, 0.29) is 11.1 Å². The van der Waals surface area contributed by atoms with E-state index in [1.54, 1.807) is 12.1 Å². The van der Waals surface area contributed by atoms with Crippen LogP contribution in [0, 0.1) is 0 Å². The third kappa shape index (κ3) is 3.87. The van der Waals surface area contributed by atoms with Crippen molar-refractivity contribution >= 4 is 45.8 Å². The minimum Gasteiger partial charge on any atom is -0.268 e. The lowest BCUT2D eigenvalue weighted by atomic mass is 10.1. The number of benzene rings is 2. The van der Waals surface area contributed by atoms with Gasteiger partial charge in [-0.2, -0.15) is 0 Å². The van der Waals surface area contributed by atoms with Gasteiger partial charge in [0.2, 0.25) is 0 Å². The Morgan fingerprint density at radius 2 is 1.69 bits per heavy atom. The highest BCUT2D eigenvalue weighted by Gasteiger charge is 2.37. The molecule has 5 heteroatoms. The normalized spacial score (nSPS) is 16.3. The number of allylic oxidation sites excluding steroid dienone is 1. The van der Waals surface area contributed by atoms with Crippen molar-refractivity contribution in [1.29, 1.82) is 0 Å². The van der Waals surface area contributed by atoms with Crippen LogP contribution in [-0.2, 0) is 11.2 Å². The van der Waals surface area contributed by atoms with E-state index >= 15 is 0 Å². The van der Waals surface area contributed by atoms with E-state index < -0.39 is 0 Å². The summed E-state index contributed by atoms with van der Waals surface area (Å²) in [6, 6.07) is 14.9. The Bertz CT molecular complexity index is 857. The number of nitrogens with zero attached hydrogens (tertiary/aromatic N) is 1. The molecule has 1 aliphatic rings. The molecule has 0 N–H and O–H groups in total. The molecule has 3 nitrogen and oxygen atoms in total. The average molecular weight is 386 g/mol. The first kappa shape index (κ1) is 18.7. The zero-order valence-corrected chi connectivity index (χ0v) is 16.4. The number of hydrogen-bond acceptors (Lipinski definition) is 3. The first-order valence-corrected chi connectivity index (χ1v) is 9.82.